The summed E-state index contributed by atoms with van der Waals surface area (Å²) in [5, 5.41) is 21.6. The topological polar surface area (TPSA) is 125 Å². The average Bonchev–Trinajstić information content (AvgIpc) is 2.60. The summed E-state index contributed by atoms with van der Waals surface area (Å²) in [6.07, 6.45) is 4.30. The fourth-order valence-corrected chi connectivity index (χ4v) is 2.65. The van der Waals surface area contributed by atoms with Gasteiger partial charge in [0.1, 0.15) is 11.6 Å². The molecule has 0 radical (unpaired) electrons. The lowest BCUT2D eigenvalue weighted by atomic mass is 10.1. The molecule has 0 saturated carbocycles. The SMILES string of the molecule is CCCCC(C)Nc1nc(Cc2cccc([N+](=O)[O-])c2)[nH]c(=O)c1C=N. The number of non-ortho nitro benzene ring substituents is 1. The Bertz CT molecular complexity index is 847. The Hall–Kier alpha value is -3.03. The Kier molecular flexibility index (Phi) is 6.60. The van der Waals surface area contributed by atoms with Crippen molar-refractivity contribution in [3.8, 4) is 0 Å². The largest absolute Gasteiger partial charge is 0.367 e. The summed E-state index contributed by atoms with van der Waals surface area (Å²) >= 11 is 0. The summed E-state index contributed by atoms with van der Waals surface area (Å²) in [6.45, 7) is 4.12. The van der Waals surface area contributed by atoms with E-state index in [1.165, 1.54) is 12.1 Å². The predicted molar refractivity (Wildman–Crippen MR) is 101 cm³/mol. The number of nitro groups is 1. The predicted octanol–water partition coefficient (Wildman–Crippen LogP) is 3.26. The molecule has 0 fully saturated rings. The van der Waals surface area contributed by atoms with Crippen molar-refractivity contribution in [2.75, 3.05) is 5.32 Å². The van der Waals surface area contributed by atoms with Gasteiger partial charge in [-0.25, -0.2) is 4.98 Å². The fraction of sp³-hybridized carbons (Fsp3) is 0.389. The Morgan fingerprint density at radius 3 is 2.88 bits per heavy atom. The van der Waals surface area contributed by atoms with Gasteiger partial charge in [0.2, 0.25) is 0 Å². The maximum absolute atomic E-state index is 12.3. The van der Waals surface area contributed by atoms with Gasteiger partial charge in [-0.05, 0) is 18.9 Å². The molecule has 0 aliphatic rings. The third-order valence-corrected chi connectivity index (χ3v) is 4.02. The van der Waals surface area contributed by atoms with Crippen LogP contribution >= 0.6 is 0 Å². The molecule has 3 N–H and O–H groups in total. The lowest BCUT2D eigenvalue weighted by Crippen LogP contribution is -2.24. The van der Waals surface area contributed by atoms with E-state index in [0.717, 1.165) is 25.5 Å². The number of hydrogen-bond donors (Lipinski definition) is 3. The summed E-state index contributed by atoms with van der Waals surface area (Å²) in [5.41, 5.74) is 0.444. The summed E-state index contributed by atoms with van der Waals surface area (Å²) < 4.78 is 0. The molecule has 1 heterocycles. The van der Waals surface area contributed by atoms with E-state index < -0.39 is 10.5 Å². The molecule has 26 heavy (non-hydrogen) atoms. The molecule has 0 aliphatic carbocycles. The van der Waals surface area contributed by atoms with Crippen molar-refractivity contribution >= 4 is 17.7 Å². The lowest BCUT2D eigenvalue weighted by molar-refractivity contribution is -0.384. The zero-order valence-corrected chi connectivity index (χ0v) is 14.9. The number of benzene rings is 1. The maximum Gasteiger partial charge on any atom is 0.269 e. The number of rotatable bonds is 9. The monoisotopic (exact) mass is 357 g/mol. The van der Waals surface area contributed by atoms with Gasteiger partial charge in [-0.2, -0.15) is 0 Å². The van der Waals surface area contributed by atoms with Crippen LogP contribution in [0.4, 0.5) is 11.5 Å². The first-order valence-corrected chi connectivity index (χ1v) is 8.58. The zero-order chi connectivity index (χ0) is 19.1. The van der Waals surface area contributed by atoms with Crippen molar-refractivity contribution < 1.29 is 4.92 Å². The number of unbranched alkanes of at least 4 members (excludes halogenated alkanes) is 1. The van der Waals surface area contributed by atoms with Gasteiger partial charge in [0.05, 0.1) is 10.5 Å². The molecule has 0 bridgehead atoms. The van der Waals surface area contributed by atoms with Gasteiger partial charge in [0.25, 0.3) is 11.2 Å². The minimum absolute atomic E-state index is 0.00695. The molecule has 1 aromatic carbocycles. The van der Waals surface area contributed by atoms with Gasteiger partial charge < -0.3 is 15.7 Å². The van der Waals surface area contributed by atoms with Crippen LogP contribution < -0.4 is 10.9 Å². The highest BCUT2D eigenvalue weighted by atomic mass is 16.6. The zero-order valence-electron chi connectivity index (χ0n) is 14.9. The number of nitro benzene ring substituents is 1. The number of aromatic amines is 1. The van der Waals surface area contributed by atoms with Crippen LogP contribution in [0.15, 0.2) is 29.1 Å². The number of H-pyrrole nitrogens is 1. The molecule has 1 atom stereocenters. The van der Waals surface area contributed by atoms with Gasteiger partial charge in [-0.1, -0.05) is 31.9 Å². The van der Waals surface area contributed by atoms with Crippen LogP contribution in [0.3, 0.4) is 0 Å². The highest BCUT2D eigenvalue weighted by molar-refractivity contribution is 5.83. The first-order valence-electron chi connectivity index (χ1n) is 8.58. The Balaban J connectivity index is 2.29. The van der Waals surface area contributed by atoms with Gasteiger partial charge >= 0.3 is 0 Å². The first-order chi connectivity index (χ1) is 12.4. The van der Waals surface area contributed by atoms with Crippen LogP contribution in [0.2, 0.25) is 0 Å². The van der Waals surface area contributed by atoms with E-state index in [2.05, 4.69) is 22.2 Å². The van der Waals surface area contributed by atoms with E-state index >= 15 is 0 Å². The van der Waals surface area contributed by atoms with E-state index in [-0.39, 0.29) is 23.7 Å². The minimum atomic E-state index is -0.458. The molecule has 1 aromatic heterocycles. The van der Waals surface area contributed by atoms with Crippen LogP contribution in [0.1, 0.15) is 50.1 Å². The molecule has 0 saturated heterocycles. The van der Waals surface area contributed by atoms with Crippen molar-refractivity contribution in [2.24, 2.45) is 0 Å². The molecule has 0 aliphatic heterocycles. The van der Waals surface area contributed by atoms with Crippen molar-refractivity contribution in [2.45, 2.75) is 45.6 Å². The van der Waals surface area contributed by atoms with Crippen LogP contribution in [0, 0.1) is 15.5 Å². The normalized spacial score (nSPS) is 11.8. The summed E-state index contributed by atoms with van der Waals surface area (Å²) in [5.74, 6) is 0.763. The number of anilines is 1. The second-order valence-corrected chi connectivity index (χ2v) is 6.21. The quantitative estimate of drug-likeness (QED) is 0.361. The summed E-state index contributed by atoms with van der Waals surface area (Å²) in [7, 11) is 0. The Labute approximate surface area is 151 Å². The van der Waals surface area contributed by atoms with Gasteiger partial charge in [-0.3, -0.25) is 14.9 Å². The van der Waals surface area contributed by atoms with E-state index in [9.17, 15) is 14.9 Å². The highest BCUT2D eigenvalue weighted by Crippen LogP contribution is 2.16. The maximum atomic E-state index is 12.3. The highest BCUT2D eigenvalue weighted by Gasteiger charge is 2.13. The van der Waals surface area contributed by atoms with Crippen molar-refractivity contribution in [1.82, 2.24) is 9.97 Å². The van der Waals surface area contributed by atoms with E-state index in [4.69, 9.17) is 5.41 Å². The molecule has 8 nitrogen and oxygen atoms in total. The lowest BCUT2D eigenvalue weighted by Gasteiger charge is -2.16. The third kappa shape index (κ3) is 4.98. The van der Waals surface area contributed by atoms with Gasteiger partial charge in [0.15, 0.2) is 0 Å². The smallest absolute Gasteiger partial charge is 0.269 e. The minimum Gasteiger partial charge on any atom is -0.367 e. The van der Waals surface area contributed by atoms with Gasteiger partial charge in [0, 0.05) is 30.8 Å². The standard InChI is InChI=1S/C18H23N5O3/c1-3-4-6-12(2)20-17-15(11-19)18(24)22-16(21-17)10-13-7-5-8-14(9-13)23(25)26/h5,7-9,11-12,19H,3-4,6,10H2,1-2H3,(H2,20,21,22,24). The summed E-state index contributed by atoms with van der Waals surface area (Å²) in [4.78, 5) is 29.8. The number of nitrogens with zero attached hydrogens (tertiary/aromatic N) is 2. The van der Waals surface area contributed by atoms with E-state index in [0.29, 0.717) is 17.2 Å². The molecule has 8 heteroatoms. The fourth-order valence-electron chi connectivity index (χ4n) is 2.65. The van der Waals surface area contributed by atoms with Crippen LogP contribution in [0.25, 0.3) is 0 Å². The number of aromatic nitrogens is 2. The molecule has 0 spiro atoms. The summed E-state index contributed by atoms with van der Waals surface area (Å²) in [6, 6.07) is 6.34. The van der Waals surface area contributed by atoms with Crippen molar-refractivity contribution in [3.63, 3.8) is 0 Å². The van der Waals surface area contributed by atoms with Crippen LogP contribution in [-0.4, -0.2) is 27.1 Å². The van der Waals surface area contributed by atoms with E-state index in [1.54, 1.807) is 12.1 Å². The van der Waals surface area contributed by atoms with Gasteiger partial charge in [-0.15, -0.1) is 0 Å². The average molecular weight is 357 g/mol. The molecular weight excluding hydrogens is 334 g/mol. The van der Waals surface area contributed by atoms with Crippen LogP contribution in [0.5, 0.6) is 0 Å². The Morgan fingerprint density at radius 2 is 2.23 bits per heavy atom. The molecule has 138 valence electrons. The molecule has 2 aromatic rings. The second-order valence-electron chi connectivity index (χ2n) is 6.21. The molecule has 0 amide bonds. The van der Waals surface area contributed by atoms with Crippen molar-refractivity contribution in [3.05, 3.63) is 61.7 Å². The first kappa shape index (κ1) is 19.3. The number of nitrogens with one attached hydrogen (secondary N) is 3. The second kappa shape index (κ2) is 8.89. The molecule has 1 unspecified atom stereocenters. The van der Waals surface area contributed by atoms with Crippen molar-refractivity contribution in [1.29, 1.82) is 5.41 Å². The molecular formula is C18H23N5O3. The number of hydrogen-bond acceptors (Lipinski definition) is 6. The molecule has 2 rings (SSSR count). The van der Waals surface area contributed by atoms with Crippen LogP contribution in [-0.2, 0) is 6.42 Å². The Morgan fingerprint density at radius 1 is 1.46 bits per heavy atom. The third-order valence-electron chi connectivity index (χ3n) is 4.02. The van der Waals surface area contributed by atoms with E-state index in [1.807, 2.05) is 6.92 Å².